The number of hydrogen-bond acceptors (Lipinski definition) is 4. The number of aliphatic imine (C=N–C) groups is 1. The molecule has 2 aromatic heterocycles. The molecule has 3 aromatic rings. The first-order valence-electron chi connectivity index (χ1n) is 10.1. The normalized spacial score (nSPS) is 12.6. The van der Waals surface area contributed by atoms with Gasteiger partial charge >= 0.3 is 0 Å². The SMILES string of the molecule is CCc1nncn1CCNC(=NCCc1ccccn1)NC(C)c1ccccc1. The summed E-state index contributed by atoms with van der Waals surface area (Å²) in [6.07, 6.45) is 5.27. The molecule has 1 aromatic carbocycles. The van der Waals surface area contributed by atoms with E-state index in [-0.39, 0.29) is 6.04 Å². The van der Waals surface area contributed by atoms with Crippen molar-refractivity contribution in [2.45, 2.75) is 39.3 Å². The van der Waals surface area contributed by atoms with Crippen LogP contribution < -0.4 is 10.6 Å². The smallest absolute Gasteiger partial charge is 0.191 e. The predicted octanol–water partition coefficient (Wildman–Crippen LogP) is 2.77. The number of nitrogens with one attached hydrogen (secondary N) is 2. The van der Waals surface area contributed by atoms with E-state index in [0.29, 0.717) is 6.54 Å². The summed E-state index contributed by atoms with van der Waals surface area (Å²) in [7, 11) is 0. The largest absolute Gasteiger partial charge is 0.355 e. The lowest BCUT2D eigenvalue weighted by molar-refractivity contribution is 0.619. The second-order valence-electron chi connectivity index (χ2n) is 6.80. The van der Waals surface area contributed by atoms with Crippen LogP contribution in [-0.4, -0.2) is 38.8 Å². The summed E-state index contributed by atoms with van der Waals surface area (Å²) in [5, 5.41) is 15.1. The highest BCUT2D eigenvalue weighted by atomic mass is 15.3. The van der Waals surface area contributed by atoms with Crippen molar-refractivity contribution in [2.24, 2.45) is 4.99 Å². The van der Waals surface area contributed by atoms with Crippen molar-refractivity contribution >= 4 is 5.96 Å². The molecule has 0 aliphatic rings. The van der Waals surface area contributed by atoms with Gasteiger partial charge in [-0.1, -0.05) is 43.3 Å². The molecule has 0 aliphatic carbocycles. The standard InChI is InChI=1S/C22H29N7/c1-3-21-28-26-17-29(21)16-15-25-22(24-14-12-20-11-7-8-13-23-20)27-18(2)19-9-5-4-6-10-19/h4-11,13,17-18H,3,12,14-16H2,1-2H3,(H2,24,25,27). The van der Waals surface area contributed by atoms with Gasteiger partial charge in [-0.15, -0.1) is 10.2 Å². The molecule has 29 heavy (non-hydrogen) atoms. The number of hydrogen-bond donors (Lipinski definition) is 2. The molecule has 0 saturated heterocycles. The number of benzene rings is 1. The van der Waals surface area contributed by atoms with Crippen molar-refractivity contribution in [3.8, 4) is 0 Å². The van der Waals surface area contributed by atoms with E-state index in [2.05, 4.69) is 68.5 Å². The molecule has 0 fully saturated rings. The Labute approximate surface area is 172 Å². The summed E-state index contributed by atoms with van der Waals surface area (Å²) in [5.41, 5.74) is 2.27. The predicted molar refractivity (Wildman–Crippen MR) is 116 cm³/mol. The molecule has 1 atom stereocenters. The second-order valence-corrected chi connectivity index (χ2v) is 6.80. The maximum absolute atomic E-state index is 4.76. The molecule has 3 rings (SSSR count). The molecule has 152 valence electrons. The Hall–Kier alpha value is -3.22. The zero-order valence-electron chi connectivity index (χ0n) is 17.1. The van der Waals surface area contributed by atoms with Gasteiger partial charge in [0.2, 0.25) is 0 Å². The van der Waals surface area contributed by atoms with Crippen LogP contribution in [0.15, 0.2) is 66.0 Å². The fraction of sp³-hybridized carbons (Fsp3) is 0.364. The lowest BCUT2D eigenvalue weighted by Gasteiger charge is -2.19. The molecule has 0 radical (unpaired) electrons. The minimum Gasteiger partial charge on any atom is -0.355 e. The molecular formula is C22H29N7. The number of nitrogens with zero attached hydrogens (tertiary/aromatic N) is 5. The third kappa shape index (κ3) is 6.41. The van der Waals surface area contributed by atoms with Crippen LogP contribution >= 0.6 is 0 Å². The van der Waals surface area contributed by atoms with Gasteiger partial charge in [-0.05, 0) is 24.6 Å². The van der Waals surface area contributed by atoms with Gasteiger partial charge in [0.25, 0.3) is 0 Å². The quantitative estimate of drug-likeness (QED) is 0.433. The summed E-state index contributed by atoms with van der Waals surface area (Å²) in [6.45, 7) is 6.42. The summed E-state index contributed by atoms with van der Waals surface area (Å²) in [6, 6.07) is 16.5. The van der Waals surface area contributed by atoms with Crippen LogP contribution in [0.2, 0.25) is 0 Å². The van der Waals surface area contributed by atoms with Crippen LogP contribution in [0.4, 0.5) is 0 Å². The minimum atomic E-state index is 0.151. The monoisotopic (exact) mass is 391 g/mol. The molecule has 1 unspecified atom stereocenters. The van der Waals surface area contributed by atoms with Crippen molar-refractivity contribution in [1.29, 1.82) is 0 Å². The first-order chi connectivity index (χ1) is 14.3. The van der Waals surface area contributed by atoms with Gasteiger partial charge in [0, 0.05) is 44.4 Å². The highest BCUT2D eigenvalue weighted by molar-refractivity contribution is 5.80. The van der Waals surface area contributed by atoms with E-state index in [4.69, 9.17) is 4.99 Å². The third-order valence-electron chi connectivity index (χ3n) is 4.67. The average molecular weight is 392 g/mol. The lowest BCUT2D eigenvalue weighted by Crippen LogP contribution is -2.40. The van der Waals surface area contributed by atoms with Crippen LogP contribution in [0, 0.1) is 0 Å². The van der Waals surface area contributed by atoms with Crippen molar-refractivity contribution in [2.75, 3.05) is 13.1 Å². The zero-order chi connectivity index (χ0) is 20.3. The van der Waals surface area contributed by atoms with E-state index in [1.165, 1.54) is 5.56 Å². The van der Waals surface area contributed by atoms with E-state index in [0.717, 1.165) is 43.4 Å². The summed E-state index contributed by atoms with van der Waals surface area (Å²) in [4.78, 5) is 9.13. The van der Waals surface area contributed by atoms with E-state index in [9.17, 15) is 0 Å². The lowest BCUT2D eigenvalue weighted by atomic mass is 10.1. The molecule has 0 amide bonds. The third-order valence-corrected chi connectivity index (χ3v) is 4.67. The van der Waals surface area contributed by atoms with Gasteiger partial charge in [0.1, 0.15) is 12.2 Å². The summed E-state index contributed by atoms with van der Waals surface area (Å²) >= 11 is 0. The van der Waals surface area contributed by atoms with Gasteiger partial charge in [-0.3, -0.25) is 9.98 Å². The Kier molecular flexibility index (Phi) is 7.74. The number of pyridine rings is 1. The van der Waals surface area contributed by atoms with Gasteiger partial charge < -0.3 is 15.2 Å². The zero-order valence-corrected chi connectivity index (χ0v) is 17.1. The van der Waals surface area contributed by atoms with Gasteiger partial charge in [0.15, 0.2) is 5.96 Å². The Morgan fingerprint density at radius 2 is 1.97 bits per heavy atom. The van der Waals surface area contributed by atoms with Gasteiger partial charge in [-0.2, -0.15) is 0 Å². The maximum atomic E-state index is 4.76. The number of rotatable bonds is 9. The highest BCUT2D eigenvalue weighted by Crippen LogP contribution is 2.10. The van der Waals surface area contributed by atoms with Crippen molar-refractivity contribution in [3.63, 3.8) is 0 Å². The Morgan fingerprint density at radius 1 is 1.14 bits per heavy atom. The minimum absolute atomic E-state index is 0.151. The Bertz CT molecular complexity index is 874. The molecular weight excluding hydrogens is 362 g/mol. The molecule has 7 nitrogen and oxygen atoms in total. The number of aromatic nitrogens is 4. The van der Waals surface area contributed by atoms with Crippen LogP contribution in [0.5, 0.6) is 0 Å². The van der Waals surface area contributed by atoms with Crippen molar-refractivity contribution < 1.29 is 0 Å². The van der Waals surface area contributed by atoms with E-state index in [1.807, 2.05) is 30.5 Å². The Morgan fingerprint density at radius 3 is 2.72 bits per heavy atom. The maximum Gasteiger partial charge on any atom is 0.191 e. The summed E-state index contributed by atoms with van der Waals surface area (Å²) < 4.78 is 2.07. The molecule has 0 bridgehead atoms. The Balaban J connectivity index is 1.60. The van der Waals surface area contributed by atoms with Crippen LogP contribution in [0.25, 0.3) is 0 Å². The second kappa shape index (κ2) is 10.9. The van der Waals surface area contributed by atoms with Gasteiger partial charge in [-0.25, -0.2) is 0 Å². The molecule has 2 N–H and O–H groups in total. The fourth-order valence-corrected chi connectivity index (χ4v) is 3.05. The molecule has 0 saturated carbocycles. The highest BCUT2D eigenvalue weighted by Gasteiger charge is 2.08. The number of guanidine groups is 1. The van der Waals surface area contributed by atoms with E-state index >= 15 is 0 Å². The van der Waals surface area contributed by atoms with Crippen molar-refractivity contribution in [3.05, 3.63) is 78.1 Å². The van der Waals surface area contributed by atoms with Crippen LogP contribution in [-0.2, 0) is 19.4 Å². The molecule has 7 heteroatoms. The topological polar surface area (TPSA) is 80.0 Å². The van der Waals surface area contributed by atoms with E-state index in [1.54, 1.807) is 6.33 Å². The summed E-state index contributed by atoms with van der Waals surface area (Å²) in [5.74, 6) is 1.79. The van der Waals surface area contributed by atoms with Crippen LogP contribution in [0.1, 0.15) is 37.0 Å². The van der Waals surface area contributed by atoms with E-state index < -0.39 is 0 Å². The van der Waals surface area contributed by atoms with Gasteiger partial charge in [0.05, 0.1) is 6.04 Å². The van der Waals surface area contributed by atoms with Crippen LogP contribution in [0.3, 0.4) is 0 Å². The first kappa shape index (κ1) is 20.5. The number of aryl methyl sites for hydroxylation is 1. The average Bonchev–Trinajstić information content (AvgIpc) is 3.22. The molecule has 2 heterocycles. The molecule has 0 spiro atoms. The van der Waals surface area contributed by atoms with Crippen molar-refractivity contribution in [1.82, 2.24) is 30.4 Å². The fourth-order valence-electron chi connectivity index (χ4n) is 3.05. The molecule has 0 aliphatic heterocycles. The first-order valence-corrected chi connectivity index (χ1v) is 10.1.